The molecule has 3 N–H and O–H groups in total. The highest BCUT2D eigenvalue weighted by Crippen LogP contribution is 2.46. The first-order valence-electron chi connectivity index (χ1n) is 9.40. The Morgan fingerprint density at radius 1 is 1.40 bits per heavy atom. The van der Waals surface area contributed by atoms with Crippen LogP contribution in [0.25, 0.3) is 0 Å². The summed E-state index contributed by atoms with van der Waals surface area (Å²) in [5.41, 5.74) is 3.94. The molecule has 1 aliphatic carbocycles. The number of carbonyl (C=O) groups is 1. The van der Waals surface area contributed by atoms with Gasteiger partial charge >= 0.3 is 5.97 Å². The van der Waals surface area contributed by atoms with Gasteiger partial charge in [-0.3, -0.25) is 4.79 Å². The van der Waals surface area contributed by atoms with Crippen LogP contribution in [0.2, 0.25) is 0 Å². The van der Waals surface area contributed by atoms with Gasteiger partial charge in [0.25, 0.3) is 0 Å². The van der Waals surface area contributed by atoms with Crippen LogP contribution in [0.5, 0.6) is 0 Å². The number of rotatable bonds is 9. The Hall–Kier alpha value is -1.55. The lowest BCUT2D eigenvalue weighted by atomic mass is 9.93. The van der Waals surface area contributed by atoms with E-state index in [9.17, 15) is 15.0 Å². The van der Waals surface area contributed by atoms with Gasteiger partial charge in [-0.15, -0.1) is 5.73 Å². The van der Waals surface area contributed by atoms with Crippen LogP contribution < -0.4 is 0 Å². The van der Waals surface area contributed by atoms with E-state index in [1.807, 2.05) is 6.08 Å². The summed E-state index contributed by atoms with van der Waals surface area (Å²) >= 11 is 0. The van der Waals surface area contributed by atoms with Crippen molar-refractivity contribution in [2.45, 2.75) is 70.5 Å². The van der Waals surface area contributed by atoms with Crippen molar-refractivity contribution in [3.05, 3.63) is 29.2 Å². The number of aliphatic hydroxyl groups excluding tert-OH is 2. The molecule has 0 radical (unpaired) electrons. The summed E-state index contributed by atoms with van der Waals surface area (Å²) in [5.74, 6) is 0.288. The number of ether oxygens (including phenoxy) is 1. The third-order valence-electron chi connectivity index (χ3n) is 4.95. The molecule has 2 rings (SSSR count). The number of carboxylic acid groups (broad SMARTS) is 1. The summed E-state index contributed by atoms with van der Waals surface area (Å²) in [7, 11) is 0. The van der Waals surface area contributed by atoms with Gasteiger partial charge in [0.05, 0.1) is 24.7 Å². The van der Waals surface area contributed by atoms with E-state index in [2.05, 4.69) is 12.7 Å². The number of aliphatic carboxylic acids is 1. The molecule has 2 fully saturated rings. The summed E-state index contributed by atoms with van der Waals surface area (Å²) in [6, 6.07) is 0. The second kappa shape index (κ2) is 9.81. The summed E-state index contributed by atoms with van der Waals surface area (Å²) in [6.07, 6.45) is 8.48. The average molecular weight is 350 g/mol. The quantitative estimate of drug-likeness (QED) is 0.439. The van der Waals surface area contributed by atoms with Crippen molar-refractivity contribution in [1.29, 1.82) is 0 Å². The largest absolute Gasteiger partial charge is 0.497 e. The number of carboxylic acids is 1. The minimum absolute atomic E-state index is 0.0129. The van der Waals surface area contributed by atoms with Gasteiger partial charge in [0.15, 0.2) is 0 Å². The first-order chi connectivity index (χ1) is 12.0. The average Bonchev–Trinajstić information content (AvgIpc) is 3.08. The Kier molecular flexibility index (Phi) is 7.76. The Labute approximate surface area is 149 Å². The van der Waals surface area contributed by atoms with Crippen molar-refractivity contribution in [2.24, 2.45) is 11.8 Å². The van der Waals surface area contributed by atoms with Crippen LogP contribution in [0.15, 0.2) is 29.2 Å². The number of hydrogen-bond donors (Lipinski definition) is 3. The Bertz CT molecular complexity index is 544. The highest BCUT2D eigenvalue weighted by Gasteiger charge is 2.45. The van der Waals surface area contributed by atoms with Crippen molar-refractivity contribution in [3.63, 3.8) is 0 Å². The third kappa shape index (κ3) is 5.74. The molecule has 0 bridgehead atoms. The molecule has 140 valence electrons. The Morgan fingerprint density at radius 2 is 2.20 bits per heavy atom. The predicted octanol–water partition coefficient (Wildman–Crippen LogP) is 3.18. The summed E-state index contributed by atoms with van der Waals surface area (Å²) in [6.45, 7) is 2.71. The number of hydrogen-bond acceptors (Lipinski definition) is 4. The number of fused-ring (bicyclic) bond motifs is 1. The Balaban J connectivity index is 2.02. The van der Waals surface area contributed by atoms with E-state index in [4.69, 9.17) is 9.84 Å². The molecule has 3 unspecified atom stereocenters. The summed E-state index contributed by atoms with van der Waals surface area (Å²) in [5, 5.41) is 29.1. The van der Waals surface area contributed by atoms with Crippen LogP contribution >= 0.6 is 0 Å². The van der Waals surface area contributed by atoms with Gasteiger partial charge in [0.2, 0.25) is 0 Å². The summed E-state index contributed by atoms with van der Waals surface area (Å²) in [4.78, 5) is 10.6. The first kappa shape index (κ1) is 19.8. The van der Waals surface area contributed by atoms with Gasteiger partial charge in [-0.2, -0.15) is 0 Å². The maximum Gasteiger partial charge on any atom is 0.303 e. The first-order valence-corrected chi connectivity index (χ1v) is 9.40. The van der Waals surface area contributed by atoms with Crippen molar-refractivity contribution < 1.29 is 24.9 Å². The lowest BCUT2D eigenvalue weighted by molar-refractivity contribution is -0.137. The van der Waals surface area contributed by atoms with Crippen molar-refractivity contribution in [1.82, 2.24) is 0 Å². The molecule has 2 aliphatic rings. The fraction of sp³-hybridized carbons (Fsp3) is 0.700. The van der Waals surface area contributed by atoms with Gasteiger partial charge in [-0.1, -0.05) is 26.2 Å². The molecule has 5 nitrogen and oxygen atoms in total. The monoisotopic (exact) mass is 350 g/mol. The van der Waals surface area contributed by atoms with E-state index < -0.39 is 18.2 Å². The maximum atomic E-state index is 10.6. The zero-order valence-corrected chi connectivity index (χ0v) is 15.0. The SMILES string of the molecule is CCCCC[C@H](O)C=C=C1C(O)CC2COC(=CCCCC(=O)O)C12. The van der Waals surface area contributed by atoms with Crippen molar-refractivity contribution in [3.8, 4) is 0 Å². The molecule has 5 heteroatoms. The second-order valence-corrected chi connectivity index (χ2v) is 7.02. The predicted molar refractivity (Wildman–Crippen MR) is 94.9 cm³/mol. The van der Waals surface area contributed by atoms with Crippen LogP contribution in [-0.4, -0.2) is 40.1 Å². The third-order valence-corrected chi connectivity index (χ3v) is 4.95. The Morgan fingerprint density at radius 3 is 2.92 bits per heavy atom. The van der Waals surface area contributed by atoms with E-state index >= 15 is 0 Å². The van der Waals surface area contributed by atoms with Gasteiger partial charge in [-0.05, 0) is 37.8 Å². The molecule has 25 heavy (non-hydrogen) atoms. The molecule has 0 aromatic heterocycles. The standard InChI is InChI=1S/C20H30O5/c1-2-3-4-7-15(21)10-11-16-17(22)12-14-13-25-18(20(14)16)8-5-6-9-19(23)24/h8,10,14-15,17,20-22H,2-7,9,12-13H2,1H3,(H,23,24)/t11?,14?,15-,17?,20?/m0/s1. The molecule has 1 saturated carbocycles. The molecular formula is C20H30O5. The molecule has 1 heterocycles. The van der Waals surface area contributed by atoms with Crippen LogP contribution in [-0.2, 0) is 9.53 Å². The lowest BCUT2D eigenvalue weighted by Crippen LogP contribution is -2.08. The van der Waals surface area contributed by atoms with E-state index in [0.717, 1.165) is 30.6 Å². The zero-order valence-electron chi connectivity index (χ0n) is 15.0. The van der Waals surface area contributed by atoms with E-state index in [-0.39, 0.29) is 18.3 Å². The second-order valence-electron chi connectivity index (χ2n) is 7.02. The number of unbranched alkanes of at least 4 members (excludes halogenated alkanes) is 3. The molecule has 1 aliphatic heterocycles. The normalized spacial score (nSPS) is 27.7. The summed E-state index contributed by atoms with van der Waals surface area (Å²) < 4.78 is 5.76. The van der Waals surface area contributed by atoms with E-state index in [1.54, 1.807) is 6.08 Å². The molecular weight excluding hydrogens is 320 g/mol. The van der Waals surface area contributed by atoms with Crippen molar-refractivity contribution >= 4 is 5.97 Å². The van der Waals surface area contributed by atoms with Gasteiger partial charge in [0.1, 0.15) is 5.76 Å². The van der Waals surface area contributed by atoms with Gasteiger partial charge < -0.3 is 20.1 Å². The maximum absolute atomic E-state index is 10.6. The fourth-order valence-electron chi connectivity index (χ4n) is 3.60. The molecule has 0 aromatic carbocycles. The van der Waals surface area contributed by atoms with E-state index in [1.165, 1.54) is 0 Å². The molecule has 0 amide bonds. The van der Waals surface area contributed by atoms with Crippen LogP contribution in [0, 0.1) is 11.8 Å². The molecule has 4 atom stereocenters. The number of aliphatic hydroxyl groups is 2. The molecule has 0 aromatic rings. The smallest absolute Gasteiger partial charge is 0.303 e. The zero-order chi connectivity index (χ0) is 18.2. The van der Waals surface area contributed by atoms with Crippen LogP contribution in [0.1, 0.15) is 58.3 Å². The van der Waals surface area contributed by atoms with Crippen LogP contribution in [0.4, 0.5) is 0 Å². The topological polar surface area (TPSA) is 87.0 Å². The lowest BCUT2D eigenvalue weighted by Gasteiger charge is -2.11. The van der Waals surface area contributed by atoms with Crippen molar-refractivity contribution in [2.75, 3.05) is 6.61 Å². The van der Waals surface area contributed by atoms with E-state index in [0.29, 0.717) is 32.3 Å². The van der Waals surface area contributed by atoms with Crippen LogP contribution in [0.3, 0.4) is 0 Å². The minimum Gasteiger partial charge on any atom is -0.497 e. The molecule has 0 spiro atoms. The van der Waals surface area contributed by atoms with Gasteiger partial charge in [-0.25, -0.2) is 0 Å². The van der Waals surface area contributed by atoms with Gasteiger partial charge in [0, 0.05) is 17.9 Å². The highest BCUT2D eigenvalue weighted by molar-refractivity contribution is 5.66. The highest BCUT2D eigenvalue weighted by atomic mass is 16.5. The fourth-order valence-corrected chi connectivity index (χ4v) is 3.60. The minimum atomic E-state index is -0.791. The molecule has 1 saturated heterocycles. The number of allylic oxidation sites excluding steroid dienone is 2.